The largest absolute Gasteiger partial charge is 0.503 e. The summed E-state index contributed by atoms with van der Waals surface area (Å²) < 4.78 is 26.5. The lowest BCUT2D eigenvalue weighted by atomic mass is 10.1. The SMILES string of the molecule is CCc1ncsc1NC(=O)c1ccc(F)c(O)c1F. The van der Waals surface area contributed by atoms with Crippen LogP contribution in [0.15, 0.2) is 17.6 Å². The Bertz CT molecular complexity index is 628. The summed E-state index contributed by atoms with van der Waals surface area (Å²) >= 11 is 1.21. The summed E-state index contributed by atoms with van der Waals surface area (Å²) in [5.41, 5.74) is 1.83. The Kier molecular flexibility index (Phi) is 3.75. The van der Waals surface area contributed by atoms with Crippen LogP contribution in [0.1, 0.15) is 23.0 Å². The van der Waals surface area contributed by atoms with E-state index >= 15 is 0 Å². The summed E-state index contributed by atoms with van der Waals surface area (Å²) in [4.78, 5) is 15.9. The van der Waals surface area contributed by atoms with Gasteiger partial charge in [-0.15, -0.1) is 11.3 Å². The maximum Gasteiger partial charge on any atom is 0.259 e. The van der Waals surface area contributed by atoms with Crippen LogP contribution >= 0.6 is 11.3 Å². The number of amides is 1. The van der Waals surface area contributed by atoms with Gasteiger partial charge in [0.1, 0.15) is 5.00 Å². The third kappa shape index (κ3) is 2.55. The van der Waals surface area contributed by atoms with Gasteiger partial charge in [-0.3, -0.25) is 4.79 Å². The number of halogens is 2. The molecule has 1 aromatic carbocycles. The summed E-state index contributed by atoms with van der Waals surface area (Å²) in [5, 5.41) is 12.1. The normalized spacial score (nSPS) is 10.5. The first-order valence-electron chi connectivity index (χ1n) is 5.45. The van der Waals surface area contributed by atoms with Gasteiger partial charge in [0, 0.05) is 0 Å². The van der Waals surface area contributed by atoms with Crippen LogP contribution in [-0.4, -0.2) is 16.0 Å². The van der Waals surface area contributed by atoms with Crippen LogP contribution in [0, 0.1) is 11.6 Å². The van der Waals surface area contributed by atoms with Gasteiger partial charge < -0.3 is 10.4 Å². The summed E-state index contributed by atoms with van der Waals surface area (Å²) in [7, 11) is 0. The molecule has 7 heteroatoms. The van der Waals surface area contributed by atoms with Crippen molar-refractivity contribution in [3.05, 3.63) is 40.5 Å². The first-order chi connectivity index (χ1) is 9.04. The molecule has 1 heterocycles. The second kappa shape index (κ2) is 5.31. The zero-order valence-electron chi connectivity index (χ0n) is 9.91. The second-order valence-electron chi connectivity index (χ2n) is 3.69. The third-order valence-corrected chi connectivity index (χ3v) is 3.30. The number of carbonyl (C=O) groups is 1. The molecule has 100 valence electrons. The van der Waals surface area contributed by atoms with Crippen molar-refractivity contribution in [1.29, 1.82) is 0 Å². The molecule has 0 saturated carbocycles. The fourth-order valence-electron chi connectivity index (χ4n) is 1.51. The lowest BCUT2D eigenvalue weighted by molar-refractivity contribution is 0.102. The number of hydrogen-bond donors (Lipinski definition) is 2. The van der Waals surface area contributed by atoms with Crippen LogP contribution < -0.4 is 5.32 Å². The van der Waals surface area contributed by atoms with Gasteiger partial charge in [-0.25, -0.2) is 13.8 Å². The molecule has 1 aromatic heterocycles. The third-order valence-electron chi connectivity index (χ3n) is 2.51. The number of thiazole rings is 1. The average Bonchev–Trinajstić information content (AvgIpc) is 2.83. The summed E-state index contributed by atoms with van der Waals surface area (Å²) in [6.45, 7) is 1.87. The summed E-state index contributed by atoms with van der Waals surface area (Å²) in [5.74, 6) is -4.31. The van der Waals surface area contributed by atoms with Crippen LogP contribution in [0.3, 0.4) is 0 Å². The molecular weight excluding hydrogens is 274 g/mol. The minimum atomic E-state index is -1.28. The maximum absolute atomic E-state index is 13.6. The van der Waals surface area contributed by atoms with Gasteiger partial charge in [0.2, 0.25) is 0 Å². The molecule has 4 nitrogen and oxygen atoms in total. The van der Waals surface area contributed by atoms with E-state index in [9.17, 15) is 13.6 Å². The molecule has 0 radical (unpaired) electrons. The van der Waals surface area contributed by atoms with Crippen molar-refractivity contribution >= 4 is 22.2 Å². The van der Waals surface area contributed by atoms with E-state index in [1.807, 2.05) is 6.92 Å². The molecule has 2 rings (SSSR count). The van der Waals surface area contributed by atoms with Gasteiger partial charge in [-0.1, -0.05) is 6.92 Å². The number of phenolic OH excluding ortho intramolecular Hbond substituents is 1. The number of nitrogens with one attached hydrogen (secondary N) is 1. The quantitative estimate of drug-likeness (QED) is 0.911. The van der Waals surface area contributed by atoms with Crippen molar-refractivity contribution in [2.45, 2.75) is 13.3 Å². The van der Waals surface area contributed by atoms with Gasteiger partial charge >= 0.3 is 0 Å². The zero-order chi connectivity index (χ0) is 14.0. The smallest absolute Gasteiger partial charge is 0.259 e. The van der Waals surface area contributed by atoms with Gasteiger partial charge in [-0.05, 0) is 18.6 Å². The van der Waals surface area contributed by atoms with E-state index in [1.54, 1.807) is 5.51 Å². The summed E-state index contributed by atoms with van der Waals surface area (Å²) in [6.07, 6.45) is 0.621. The average molecular weight is 284 g/mol. The van der Waals surface area contributed by atoms with E-state index < -0.39 is 28.9 Å². The van der Waals surface area contributed by atoms with E-state index in [2.05, 4.69) is 10.3 Å². The number of phenols is 1. The Labute approximate surface area is 111 Å². The van der Waals surface area contributed by atoms with E-state index in [0.29, 0.717) is 17.1 Å². The van der Waals surface area contributed by atoms with Crippen molar-refractivity contribution < 1.29 is 18.7 Å². The second-order valence-corrected chi connectivity index (χ2v) is 4.55. The van der Waals surface area contributed by atoms with Gasteiger partial charge in [0.15, 0.2) is 17.4 Å². The van der Waals surface area contributed by atoms with Crippen LogP contribution in [0.4, 0.5) is 13.8 Å². The molecular formula is C12H10F2N2O2S. The summed E-state index contributed by atoms with van der Waals surface area (Å²) in [6, 6.07) is 1.81. The van der Waals surface area contributed by atoms with E-state index in [4.69, 9.17) is 5.11 Å². The van der Waals surface area contributed by atoms with Crippen LogP contribution in [-0.2, 0) is 6.42 Å². The Morgan fingerprint density at radius 1 is 1.47 bits per heavy atom. The van der Waals surface area contributed by atoms with E-state index in [1.165, 1.54) is 11.3 Å². The lowest BCUT2D eigenvalue weighted by Gasteiger charge is -2.06. The molecule has 0 saturated heterocycles. The van der Waals surface area contributed by atoms with Gasteiger partial charge in [0.05, 0.1) is 16.8 Å². The van der Waals surface area contributed by atoms with Crippen molar-refractivity contribution in [1.82, 2.24) is 4.98 Å². The number of hydrogen-bond acceptors (Lipinski definition) is 4. The first kappa shape index (κ1) is 13.4. The highest BCUT2D eigenvalue weighted by molar-refractivity contribution is 7.14. The molecule has 0 aliphatic rings. The highest BCUT2D eigenvalue weighted by atomic mass is 32.1. The number of aromatic nitrogens is 1. The highest BCUT2D eigenvalue weighted by Gasteiger charge is 2.19. The molecule has 19 heavy (non-hydrogen) atoms. The number of aromatic hydroxyl groups is 1. The van der Waals surface area contributed by atoms with Gasteiger partial charge in [-0.2, -0.15) is 0 Å². The molecule has 0 aliphatic carbocycles. The fourth-order valence-corrected chi connectivity index (χ4v) is 2.28. The molecule has 0 atom stereocenters. The number of rotatable bonds is 3. The maximum atomic E-state index is 13.6. The molecule has 0 spiro atoms. The minimum Gasteiger partial charge on any atom is -0.503 e. The topological polar surface area (TPSA) is 62.2 Å². The molecule has 1 amide bonds. The Morgan fingerprint density at radius 2 is 2.21 bits per heavy atom. The zero-order valence-corrected chi connectivity index (χ0v) is 10.7. The minimum absolute atomic E-state index is 0.422. The van der Waals surface area contributed by atoms with Crippen LogP contribution in [0.25, 0.3) is 0 Å². The molecule has 0 unspecified atom stereocenters. The molecule has 0 bridgehead atoms. The Morgan fingerprint density at radius 3 is 2.89 bits per heavy atom. The Hall–Kier alpha value is -2.02. The molecule has 2 aromatic rings. The molecule has 2 N–H and O–H groups in total. The molecule has 0 aliphatic heterocycles. The molecule has 0 fully saturated rings. The van der Waals surface area contributed by atoms with Crippen LogP contribution in [0.5, 0.6) is 5.75 Å². The van der Waals surface area contributed by atoms with Crippen molar-refractivity contribution in [2.75, 3.05) is 5.32 Å². The van der Waals surface area contributed by atoms with Crippen molar-refractivity contribution in [3.8, 4) is 5.75 Å². The van der Waals surface area contributed by atoms with E-state index in [-0.39, 0.29) is 0 Å². The number of benzene rings is 1. The number of nitrogens with zero attached hydrogens (tertiary/aromatic N) is 1. The Balaban J connectivity index is 2.28. The van der Waals surface area contributed by atoms with E-state index in [0.717, 1.165) is 12.1 Å². The number of anilines is 1. The van der Waals surface area contributed by atoms with Crippen molar-refractivity contribution in [2.24, 2.45) is 0 Å². The lowest BCUT2D eigenvalue weighted by Crippen LogP contribution is -2.14. The number of carbonyl (C=O) groups excluding carboxylic acids is 1. The fraction of sp³-hybridized carbons (Fsp3) is 0.167. The predicted molar refractivity (Wildman–Crippen MR) is 67.5 cm³/mol. The predicted octanol–water partition coefficient (Wildman–Crippen LogP) is 2.94. The van der Waals surface area contributed by atoms with Gasteiger partial charge in [0.25, 0.3) is 5.91 Å². The van der Waals surface area contributed by atoms with Crippen molar-refractivity contribution in [3.63, 3.8) is 0 Å². The van der Waals surface area contributed by atoms with Crippen LogP contribution in [0.2, 0.25) is 0 Å². The standard InChI is InChI=1S/C12H10F2N2O2S/c1-2-8-12(19-5-15-8)16-11(18)6-3-4-7(13)10(17)9(6)14/h3-5,17H,2H2,1H3,(H,16,18). The first-order valence-corrected chi connectivity index (χ1v) is 6.33. The highest BCUT2D eigenvalue weighted by Crippen LogP contribution is 2.25. The monoisotopic (exact) mass is 284 g/mol. The number of aryl methyl sites for hydroxylation is 1.